The summed E-state index contributed by atoms with van der Waals surface area (Å²) < 4.78 is 4.86. The maximum absolute atomic E-state index is 11.7. The van der Waals surface area contributed by atoms with Crippen LogP contribution in [0.25, 0.3) is 0 Å². The Hall–Kier alpha value is -1.35. The van der Waals surface area contributed by atoms with E-state index < -0.39 is 0 Å². The lowest BCUT2D eigenvalue weighted by Gasteiger charge is -2.34. The first-order valence-electron chi connectivity index (χ1n) is 9.29. The van der Waals surface area contributed by atoms with Gasteiger partial charge in [-0.1, -0.05) is 30.3 Å². The number of ether oxygens (including phenoxy) is 1. The lowest BCUT2D eigenvalue weighted by Crippen LogP contribution is -2.50. The van der Waals surface area contributed by atoms with Gasteiger partial charge in [0.1, 0.15) is 0 Å². The predicted octanol–water partition coefficient (Wildman–Crippen LogP) is 2.24. The molecular weight excluding hydrogens is 455 g/mol. The Morgan fingerprint density at radius 1 is 1.30 bits per heavy atom. The van der Waals surface area contributed by atoms with Crippen molar-refractivity contribution in [3.63, 3.8) is 0 Å². The average Bonchev–Trinajstić information content (AvgIpc) is 2.68. The van der Waals surface area contributed by atoms with Gasteiger partial charge in [0.05, 0.1) is 13.0 Å². The van der Waals surface area contributed by atoms with Crippen LogP contribution >= 0.6 is 24.0 Å². The molecule has 1 aliphatic rings. The molecule has 1 N–H and O–H groups in total. The number of guanidine groups is 1. The van der Waals surface area contributed by atoms with E-state index in [2.05, 4.69) is 58.5 Å². The maximum Gasteiger partial charge on any atom is 0.308 e. The summed E-state index contributed by atoms with van der Waals surface area (Å²) in [6.07, 6.45) is 2.62. The normalized spacial score (nSPS) is 16.6. The van der Waals surface area contributed by atoms with Crippen LogP contribution in [0.1, 0.15) is 18.4 Å². The van der Waals surface area contributed by atoms with Crippen LogP contribution in [0, 0.1) is 5.92 Å². The minimum atomic E-state index is -0.0943. The summed E-state index contributed by atoms with van der Waals surface area (Å²) in [5.41, 5.74) is 1.34. The molecule has 2 rings (SSSR count). The van der Waals surface area contributed by atoms with Gasteiger partial charge in [-0.2, -0.15) is 0 Å². The molecule has 7 heteroatoms. The number of carbonyl (C=O) groups excluding carboxylic acids is 1. The van der Waals surface area contributed by atoms with Crippen molar-refractivity contribution in [2.75, 3.05) is 47.9 Å². The highest BCUT2D eigenvalue weighted by Crippen LogP contribution is 2.18. The van der Waals surface area contributed by atoms with Gasteiger partial charge < -0.3 is 19.9 Å². The molecule has 27 heavy (non-hydrogen) atoms. The number of rotatable bonds is 6. The molecule has 0 saturated carbocycles. The van der Waals surface area contributed by atoms with Crippen molar-refractivity contribution < 1.29 is 9.53 Å². The number of halogens is 1. The van der Waals surface area contributed by atoms with E-state index in [4.69, 9.17) is 4.74 Å². The minimum absolute atomic E-state index is 0. The SMILES string of the molecule is CN=C(NCC(Cc1ccccc1)N(C)C)N1CCC(C(=O)OC)CC1.I. The van der Waals surface area contributed by atoms with Crippen LogP contribution < -0.4 is 5.32 Å². The molecular formula is C20H33IN4O2. The number of methoxy groups -OCH3 is 1. The summed E-state index contributed by atoms with van der Waals surface area (Å²) in [5, 5.41) is 3.52. The quantitative estimate of drug-likeness (QED) is 0.288. The Bertz CT molecular complexity index is 587. The number of hydrogen-bond donors (Lipinski definition) is 1. The molecule has 152 valence electrons. The van der Waals surface area contributed by atoms with Gasteiger partial charge in [0.2, 0.25) is 0 Å². The van der Waals surface area contributed by atoms with E-state index in [0.29, 0.717) is 6.04 Å². The van der Waals surface area contributed by atoms with Crippen LogP contribution in [0.4, 0.5) is 0 Å². The van der Waals surface area contributed by atoms with Crippen molar-refractivity contribution in [1.29, 1.82) is 0 Å². The third-order valence-electron chi connectivity index (χ3n) is 5.08. The molecule has 1 aliphatic heterocycles. The van der Waals surface area contributed by atoms with Crippen molar-refractivity contribution >= 4 is 35.9 Å². The number of piperidine rings is 1. The molecule has 0 aromatic heterocycles. The van der Waals surface area contributed by atoms with Gasteiger partial charge in [-0.15, -0.1) is 24.0 Å². The molecule has 0 bridgehead atoms. The Balaban J connectivity index is 0.00000364. The van der Waals surface area contributed by atoms with Crippen molar-refractivity contribution in [3.8, 4) is 0 Å². The number of carbonyl (C=O) groups is 1. The largest absolute Gasteiger partial charge is 0.469 e. The van der Waals surface area contributed by atoms with Crippen LogP contribution in [0.15, 0.2) is 35.3 Å². The van der Waals surface area contributed by atoms with Crippen molar-refractivity contribution in [1.82, 2.24) is 15.1 Å². The van der Waals surface area contributed by atoms with Gasteiger partial charge in [-0.3, -0.25) is 9.79 Å². The molecule has 1 unspecified atom stereocenters. The highest BCUT2D eigenvalue weighted by atomic mass is 127. The van der Waals surface area contributed by atoms with E-state index >= 15 is 0 Å². The minimum Gasteiger partial charge on any atom is -0.469 e. The molecule has 1 atom stereocenters. The summed E-state index contributed by atoms with van der Waals surface area (Å²) in [7, 11) is 7.50. The lowest BCUT2D eigenvalue weighted by atomic mass is 9.97. The first kappa shape index (κ1) is 23.7. The number of benzene rings is 1. The van der Waals surface area contributed by atoms with Gasteiger partial charge in [0.15, 0.2) is 5.96 Å². The van der Waals surface area contributed by atoms with E-state index in [1.54, 1.807) is 0 Å². The van der Waals surface area contributed by atoms with Crippen LogP contribution in [0.3, 0.4) is 0 Å². The summed E-state index contributed by atoms with van der Waals surface area (Å²) >= 11 is 0. The number of nitrogens with one attached hydrogen (secondary N) is 1. The first-order chi connectivity index (χ1) is 12.5. The lowest BCUT2D eigenvalue weighted by molar-refractivity contribution is -0.146. The number of likely N-dealkylation sites (N-methyl/N-ethyl adjacent to an activating group) is 1. The van der Waals surface area contributed by atoms with Crippen molar-refractivity contribution in [3.05, 3.63) is 35.9 Å². The molecule has 1 heterocycles. The van der Waals surface area contributed by atoms with Gasteiger partial charge in [0, 0.05) is 32.7 Å². The fourth-order valence-electron chi connectivity index (χ4n) is 3.36. The predicted molar refractivity (Wildman–Crippen MR) is 121 cm³/mol. The van der Waals surface area contributed by atoms with Gasteiger partial charge >= 0.3 is 5.97 Å². The number of esters is 1. The third kappa shape index (κ3) is 7.29. The van der Waals surface area contributed by atoms with E-state index in [1.165, 1.54) is 12.7 Å². The second kappa shape index (κ2) is 12.2. The molecule has 1 aromatic rings. The van der Waals surface area contributed by atoms with E-state index in [0.717, 1.165) is 44.9 Å². The smallest absolute Gasteiger partial charge is 0.308 e. The Morgan fingerprint density at radius 3 is 2.44 bits per heavy atom. The highest BCUT2D eigenvalue weighted by Gasteiger charge is 2.27. The van der Waals surface area contributed by atoms with Crippen LogP contribution in [-0.2, 0) is 16.0 Å². The van der Waals surface area contributed by atoms with Crippen LogP contribution in [0.2, 0.25) is 0 Å². The zero-order chi connectivity index (χ0) is 18.9. The van der Waals surface area contributed by atoms with Crippen LogP contribution in [0.5, 0.6) is 0 Å². The Morgan fingerprint density at radius 2 is 1.93 bits per heavy atom. The van der Waals surface area contributed by atoms with Gasteiger partial charge in [-0.05, 0) is 38.9 Å². The number of hydrogen-bond acceptors (Lipinski definition) is 4. The van der Waals surface area contributed by atoms with Crippen LogP contribution in [-0.4, -0.2) is 75.7 Å². The highest BCUT2D eigenvalue weighted by molar-refractivity contribution is 14.0. The Kier molecular flexibility index (Phi) is 10.7. The van der Waals surface area contributed by atoms with E-state index in [1.807, 2.05) is 13.1 Å². The molecule has 0 aliphatic carbocycles. The van der Waals surface area contributed by atoms with E-state index in [9.17, 15) is 4.79 Å². The second-order valence-corrected chi connectivity index (χ2v) is 7.02. The van der Waals surface area contributed by atoms with Crippen molar-refractivity contribution in [2.24, 2.45) is 10.9 Å². The Labute approximate surface area is 180 Å². The van der Waals surface area contributed by atoms with Gasteiger partial charge in [-0.25, -0.2) is 0 Å². The fourth-order valence-corrected chi connectivity index (χ4v) is 3.36. The third-order valence-corrected chi connectivity index (χ3v) is 5.08. The van der Waals surface area contributed by atoms with Gasteiger partial charge in [0.25, 0.3) is 0 Å². The summed E-state index contributed by atoms with van der Waals surface area (Å²) in [4.78, 5) is 20.6. The number of nitrogens with zero attached hydrogens (tertiary/aromatic N) is 3. The summed E-state index contributed by atoms with van der Waals surface area (Å²) in [5.74, 6) is 0.832. The second-order valence-electron chi connectivity index (χ2n) is 7.02. The number of aliphatic imine (C=N–C) groups is 1. The molecule has 1 fully saturated rings. The van der Waals surface area contributed by atoms with E-state index in [-0.39, 0.29) is 35.9 Å². The summed E-state index contributed by atoms with van der Waals surface area (Å²) in [6.45, 7) is 2.47. The molecule has 0 radical (unpaired) electrons. The average molecular weight is 488 g/mol. The van der Waals surface area contributed by atoms with Crippen molar-refractivity contribution in [2.45, 2.75) is 25.3 Å². The maximum atomic E-state index is 11.7. The monoisotopic (exact) mass is 488 g/mol. The topological polar surface area (TPSA) is 57.2 Å². The molecule has 6 nitrogen and oxygen atoms in total. The fraction of sp³-hybridized carbons (Fsp3) is 0.600. The molecule has 0 spiro atoms. The summed E-state index contributed by atoms with van der Waals surface area (Å²) in [6, 6.07) is 10.9. The zero-order valence-electron chi connectivity index (χ0n) is 16.9. The molecule has 1 aromatic carbocycles. The molecule has 0 amide bonds. The standard InChI is InChI=1S/C20H32N4O2.HI/c1-21-20(24-12-10-17(11-13-24)19(25)26-4)22-15-18(23(2)3)14-16-8-6-5-7-9-16;/h5-9,17-18H,10-15H2,1-4H3,(H,21,22);1H. The molecule has 1 saturated heterocycles. The number of likely N-dealkylation sites (tertiary alicyclic amines) is 1. The first-order valence-corrected chi connectivity index (χ1v) is 9.29. The zero-order valence-corrected chi connectivity index (χ0v) is 19.2.